The summed E-state index contributed by atoms with van der Waals surface area (Å²) in [6.07, 6.45) is 1.25. The summed E-state index contributed by atoms with van der Waals surface area (Å²) in [7, 11) is 0. The van der Waals surface area contributed by atoms with Crippen LogP contribution in [0.4, 0.5) is 4.39 Å². The first-order valence-electron chi connectivity index (χ1n) is 6.05. The zero-order chi connectivity index (χ0) is 14.4. The second-order valence-electron chi connectivity index (χ2n) is 4.04. The Labute approximate surface area is 122 Å². The summed E-state index contributed by atoms with van der Waals surface area (Å²) in [5.74, 6) is 0.800. The molecule has 0 saturated heterocycles. The normalized spacial score (nSPS) is 11.7. The number of hydrogen-bond acceptors (Lipinski definition) is 2. The molecular formula is C16H13ClFO2. The monoisotopic (exact) mass is 291 g/mol. The van der Waals surface area contributed by atoms with E-state index in [-0.39, 0.29) is 5.82 Å². The van der Waals surface area contributed by atoms with Crippen LogP contribution in [0.15, 0.2) is 54.6 Å². The van der Waals surface area contributed by atoms with Crippen LogP contribution in [-0.2, 0) is 0 Å². The van der Waals surface area contributed by atoms with Gasteiger partial charge in [-0.05, 0) is 48.5 Å². The Morgan fingerprint density at radius 3 is 2.00 bits per heavy atom. The SMILES string of the molecule is [CH]=CCC(Oc1ccc(F)cc1)Oc1ccc(Cl)cc1. The van der Waals surface area contributed by atoms with Crippen molar-refractivity contribution in [3.63, 3.8) is 0 Å². The molecule has 0 bridgehead atoms. The third kappa shape index (κ3) is 4.28. The maximum Gasteiger partial charge on any atom is 0.244 e. The summed E-state index contributed by atoms with van der Waals surface area (Å²) >= 11 is 5.81. The van der Waals surface area contributed by atoms with Crippen molar-refractivity contribution in [3.05, 3.63) is 72.0 Å². The van der Waals surface area contributed by atoms with Gasteiger partial charge < -0.3 is 9.47 Å². The Balaban J connectivity index is 2.04. The van der Waals surface area contributed by atoms with E-state index in [0.29, 0.717) is 22.9 Å². The molecule has 103 valence electrons. The van der Waals surface area contributed by atoms with Gasteiger partial charge in [-0.2, -0.15) is 0 Å². The molecule has 0 saturated carbocycles. The maximum atomic E-state index is 12.8. The zero-order valence-electron chi connectivity index (χ0n) is 10.6. The highest BCUT2D eigenvalue weighted by Gasteiger charge is 2.10. The third-order valence-corrected chi connectivity index (χ3v) is 2.74. The van der Waals surface area contributed by atoms with Crippen LogP contribution >= 0.6 is 11.6 Å². The van der Waals surface area contributed by atoms with E-state index in [2.05, 4.69) is 0 Å². The number of hydrogen-bond donors (Lipinski definition) is 0. The van der Waals surface area contributed by atoms with Crippen LogP contribution in [0, 0.1) is 12.4 Å². The Bertz CT molecular complexity index is 504. The number of ether oxygens (including phenoxy) is 2. The first-order chi connectivity index (χ1) is 9.67. The van der Waals surface area contributed by atoms with Crippen molar-refractivity contribution in [2.24, 2.45) is 0 Å². The van der Waals surface area contributed by atoms with Gasteiger partial charge >= 0.3 is 0 Å². The number of rotatable bonds is 6. The quantitative estimate of drug-likeness (QED) is 0.722. The molecular weight excluding hydrogens is 279 g/mol. The molecule has 0 aliphatic carbocycles. The Morgan fingerprint density at radius 1 is 1.00 bits per heavy atom. The fraction of sp³-hybridized carbons (Fsp3) is 0.125. The number of benzene rings is 2. The van der Waals surface area contributed by atoms with Crippen LogP contribution < -0.4 is 9.47 Å². The van der Waals surface area contributed by atoms with E-state index in [4.69, 9.17) is 27.7 Å². The van der Waals surface area contributed by atoms with Gasteiger partial charge in [-0.25, -0.2) is 4.39 Å². The first kappa shape index (κ1) is 14.4. The molecule has 0 aromatic heterocycles. The van der Waals surface area contributed by atoms with Crippen molar-refractivity contribution < 1.29 is 13.9 Å². The Kier molecular flexibility index (Phi) is 5.02. The molecule has 0 amide bonds. The highest BCUT2D eigenvalue weighted by atomic mass is 35.5. The standard InChI is InChI=1S/C16H13ClFO2/c1-2-3-16(19-14-8-4-12(17)5-9-14)20-15-10-6-13(18)7-11-15/h1-2,4-11,16H,3H2. The van der Waals surface area contributed by atoms with Gasteiger partial charge in [-0.15, -0.1) is 0 Å². The van der Waals surface area contributed by atoms with Gasteiger partial charge in [0.2, 0.25) is 6.29 Å². The lowest BCUT2D eigenvalue weighted by Crippen LogP contribution is -2.23. The lowest BCUT2D eigenvalue weighted by atomic mass is 10.3. The Hall–Kier alpha value is -2.00. The van der Waals surface area contributed by atoms with Gasteiger partial charge in [0, 0.05) is 11.4 Å². The van der Waals surface area contributed by atoms with Gasteiger partial charge in [0.1, 0.15) is 17.3 Å². The van der Waals surface area contributed by atoms with E-state index in [0.717, 1.165) is 0 Å². The van der Waals surface area contributed by atoms with Crippen LogP contribution in [0.1, 0.15) is 6.42 Å². The molecule has 0 N–H and O–H groups in total. The van der Waals surface area contributed by atoms with Crippen LogP contribution in [0.2, 0.25) is 5.02 Å². The average molecular weight is 292 g/mol. The molecule has 0 aliphatic heterocycles. The van der Waals surface area contributed by atoms with Crippen LogP contribution in [-0.4, -0.2) is 6.29 Å². The summed E-state index contributed by atoms with van der Waals surface area (Å²) < 4.78 is 24.1. The molecule has 0 fully saturated rings. The van der Waals surface area contributed by atoms with Gasteiger partial charge in [-0.3, -0.25) is 0 Å². The van der Waals surface area contributed by atoms with E-state index in [1.165, 1.54) is 30.3 Å². The fourth-order valence-corrected chi connectivity index (χ4v) is 1.69. The van der Waals surface area contributed by atoms with Gasteiger partial charge in [0.15, 0.2) is 0 Å². The second-order valence-corrected chi connectivity index (χ2v) is 4.48. The zero-order valence-corrected chi connectivity index (χ0v) is 11.4. The minimum absolute atomic E-state index is 0.321. The molecule has 0 spiro atoms. The largest absolute Gasteiger partial charge is 0.455 e. The van der Waals surface area contributed by atoms with Crippen molar-refractivity contribution >= 4 is 11.6 Å². The summed E-state index contributed by atoms with van der Waals surface area (Å²) in [4.78, 5) is 0. The first-order valence-corrected chi connectivity index (χ1v) is 6.43. The second kappa shape index (κ2) is 6.96. The molecule has 4 heteroatoms. The molecule has 2 aromatic carbocycles. The molecule has 20 heavy (non-hydrogen) atoms. The average Bonchev–Trinajstić information content (AvgIpc) is 2.44. The third-order valence-electron chi connectivity index (χ3n) is 2.49. The molecule has 2 nitrogen and oxygen atoms in total. The van der Waals surface area contributed by atoms with Crippen molar-refractivity contribution in [2.45, 2.75) is 12.7 Å². The topological polar surface area (TPSA) is 18.5 Å². The van der Waals surface area contributed by atoms with Crippen molar-refractivity contribution in [1.82, 2.24) is 0 Å². The molecule has 2 rings (SSSR count). The lowest BCUT2D eigenvalue weighted by Gasteiger charge is -2.19. The van der Waals surface area contributed by atoms with Crippen LogP contribution in [0.3, 0.4) is 0 Å². The van der Waals surface area contributed by atoms with Gasteiger partial charge in [0.05, 0.1) is 0 Å². The summed E-state index contributed by atoms with van der Waals surface area (Å²) in [5.41, 5.74) is 0. The van der Waals surface area contributed by atoms with Crippen LogP contribution in [0.25, 0.3) is 0 Å². The predicted octanol–water partition coefficient (Wildman–Crippen LogP) is 4.64. The van der Waals surface area contributed by atoms with Crippen molar-refractivity contribution in [1.29, 1.82) is 0 Å². The van der Waals surface area contributed by atoms with E-state index in [1.807, 2.05) is 0 Å². The molecule has 1 atom stereocenters. The highest BCUT2D eigenvalue weighted by Crippen LogP contribution is 2.20. The molecule has 0 heterocycles. The number of halogens is 2. The lowest BCUT2D eigenvalue weighted by molar-refractivity contribution is 0.00875. The van der Waals surface area contributed by atoms with Crippen LogP contribution in [0.5, 0.6) is 11.5 Å². The Morgan fingerprint density at radius 2 is 1.50 bits per heavy atom. The summed E-state index contributed by atoms with van der Waals surface area (Å²) in [5, 5.41) is 0.624. The van der Waals surface area contributed by atoms with Gasteiger partial charge in [0.25, 0.3) is 0 Å². The van der Waals surface area contributed by atoms with E-state index in [9.17, 15) is 4.39 Å². The molecule has 1 unspecified atom stereocenters. The minimum Gasteiger partial charge on any atom is -0.455 e. The van der Waals surface area contributed by atoms with Gasteiger partial charge in [-0.1, -0.05) is 24.3 Å². The molecule has 2 aromatic rings. The van der Waals surface area contributed by atoms with Crippen molar-refractivity contribution in [2.75, 3.05) is 0 Å². The predicted molar refractivity (Wildman–Crippen MR) is 76.4 cm³/mol. The molecule has 1 radical (unpaired) electrons. The molecule has 0 aliphatic rings. The summed E-state index contributed by atoms with van der Waals surface area (Å²) in [6.45, 7) is 5.42. The maximum absolute atomic E-state index is 12.8. The highest BCUT2D eigenvalue weighted by molar-refractivity contribution is 6.30. The smallest absolute Gasteiger partial charge is 0.244 e. The fourth-order valence-electron chi connectivity index (χ4n) is 1.56. The van der Waals surface area contributed by atoms with E-state index < -0.39 is 6.29 Å². The minimum atomic E-state index is -0.591. The van der Waals surface area contributed by atoms with E-state index in [1.54, 1.807) is 24.3 Å². The summed E-state index contributed by atoms with van der Waals surface area (Å²) in [6, 6.07) is 12.6. The van der Waals surface area contributed by atoms with Crippen molar-refractivity contribution in [3.8, 4) is 11.5 Å². The van der Waals surface area contributed by atoms with E-state index >= 15 is 0 Å².